The van der Waals surface area contributed by atoms with E-state index in [1.165, 1.54) is 43.3 Å². The lowest BCUT2D eigenvalue weighted by Crippen LogP contribution is -2.34. The fourth-order valence-electron chi connectivity index (χ4n) is 3.80. The number of amides is 1. The number of hydrogen-bond acceptors (Lipinski definition) is 8. The van der Waals surface area contributed by atoms with Gasteiger partial charge in [-0.3, -0.25) is 4.79 Å². The van der Waals surface area contributed by atoms with E-state index in [4.69, 9.17) is 0 Å². The second-order valence-electron chi connectivity index (χ2n) is 7.82. The lowest BCUT2D eigenvalue weighted by molar-refractivity contribution is -0.255. The van der Waals surface area contributed by atoms with Gasteiger partial charge in [0.2, 0.25) is 5.91 Å². The van der Waals surface area contributed by atoms with Gasteiger partial charge >= 0.3 is 0 Å². The Balaban J connectivity index is 1.60. The van der Waals surface area contributed by atoms with Gasteiger partial charge in [-0.05, 0) is 54.1 Å². The summed E-state index contributed by atoms with van der Waals surface area (Å²) in [4.78, 5) is 33.3. The van der Waals surface area contributed by atoms with Crippen molar-refractivity contribution in [1.29, 1.82) is 0 Å². The molecule has 4 aromatic rings. The van der Waals surface area contributed by atoms with Crippen molar-refractivity contribution < 1.29 is 23.1 Å². The Kier molecular flexibility index (Phi) is 5.33. The van der Waals surface area contributed by atoms with Crippen LogP contribution in [0.25, 0.3) is 11.0 Å². The molecule has 1 aliphatic heterocycles. The number of nitrogens with zero attached hydrogens (tertiary/aromatic N) is 4. The summed E-state index contributed by atoms with van der Waals surface area (Å²) >= 11 is 0. The van der Waals surface area contributed by atoms with Gasteiger partial charge in [0.05, 0.1) is 21.9 Å². The molecular weight excluding hydrogens is 470 g/mol. The highest BCUT2D eigenvalue weighted by Gasteiger charge is 2.38. The number of sulfonamides is 1. The van der Waals surface area contributed by atoms with E-state index in [9.17, 15) is 23.1 Å². The van der Waals surface area contributed by atoms with Gasteiger partial charge in [-0.25, -0.2) is 22.7 Å². The van der Waals surface area contributed by atoms with Crippen molar-refractivity contribution in [3.63, 3.8) is 0 Å². The number of hydrogen-bond donors (Lipinski definition) is 1. The first-order valence-electron chi connectivity index (χ1n) is 10.5. The smallest absolute Gasteiger partial charge is 0.267 e. The molecule has 0 bridgehead atoms. The quantitative estimate of drug-likeness (QED) is 0.452. The van der Waals surface area contributed by atoms with Gasteiger partial charge in [-0.2, -0.15) is 0 Å². The largest absolute Gasteiger partial charge is 0.545 e. The second kappa shape index (κ2) is 8.37. The lowest BCUT2D eigenvalue weighted by Gasteiger charge is -2.21. The number of carbonyl (C=O) groups excluding carboxylic acids is 2. The number of benzene rings is 3. The third-order valence-electron chi connectivity index (χ3n) is 5.47. The van der Waals surface area contributed by atoms with E-state index in [1.54, 1.807) is 35.2 Å². The van der Waals surface area contributed by atoms with Crippen LogP contribution in [0.15, 0.2) is 77.7 Å². The second-order valence-corrected chi connectivity index (χ2v) is 9.68. The van der Waals surface area contributed by atoms with Crippen LogP contribution >= 0.6 is 0 Å². The number of fused-ring (bicyclic) bond motifs is 2. The zero-order valence-electron chi connectivity index (χ0n) is 18.4. The minimum atomic E-state index is -4.06. The van der Waals surface area contributed by atoms with Gasteiger partial charge in [0.25, 0.3) is 10.0 Å². The molecule has 0 spiro atoms. The van der Waals surface area contributed by atoms with E-state index in [-0.39, 0.29) is 28.9 Å². The van der Waals surface area contributed by atoms with Crippen molar-refractivity contribution in [2.75, 3.05) is 21.2 Å². The molecule has 35 heavy (non-hydrogen) atoms. The van der Waals surface area contributed by atoms with E-state index in [0.29, 0.717) is 28.2 Å². The molecule has 176 valence electrons. The van der Waals surface area contributed by atoms with Crippen LogP contribution < -0.4 is 19.6 Å². The summed E-state index contributed by atoms with van der Waals surface area (Å²) in [6, 6.07) is 18.8. The van der Waals surface area contributed by atoms with Crippen LogP contribution in [-0.4, -0.2) is 36.9 Å². The molecule has 1 aromatic heterocycles. The zero-order valence-corrected chi connectivity index (χ0v) is 19.2. The Morgan fingerprint density at radius 3 is 2.06 bits per heavy atom. The van der Waals surface area contributed by atoms with E-state index in [0.717, 1.165) is 4.31 Å². The average molecular weight is 489 g/mol. The summed E-state index contributed by atoms with van der Waals surface area (Å²) in [6.45, 7) is 1.25. The van der Waals surface area contributed by atoms with Crippen LogP contribution in [0.4, 0.5) is 23.0 Å². The number of aromatic carboxylic acids is 1. The fourth-order valence-corrected chi connectivity index (χ4v) is 5.16. The lowest BCUT2D eigenvalue weighted by atomic mass is 10.2. The minimum absolute atomic E-state index is 0.00139. The first kappa shape index (κ1) is 22.3. The maximum absolute atomic E-state index is 13.6. The van der Waals surface area contributed by atoms with Crippen molar-refractivity contribution in [3.05, 3.63) is 78.4 Å². The Hall–Kier alpha value is -4.51. The summed E-state index contributed by atoms with van der Waals surface area (Å²) in [5, 5.41) is 13.7. The molecule has 0 radical (unpaired) electrons. The molecular formula is C24H18N5O5S-. The molecule has 0 aliphatic carbocycles. The number of rotatable bonds is 5. The summed E-state index contributed by atoms with van der Waals surface area (Å²) in [5.41, 5.74) is 2.13. The predicted molar refractivity (Wildman–Crippen MR) is 128 cm³/mol. The number of aromatic nitrogens is 2. The van der Waals surface area contributed by atoms with Crippen LogP contribution in [0.2, 0.25) is 0 Å². The molecule has 3 aromatic carbocycles. The van der Waals surface area contributed by atoms with E-state index in [2.05, 4.69) is 15.3 Å². The number of anilines is 4. The summed E-state index contributed by atoms with van der Waals surface area (Å²) in [5.74, 6) is -1.10. The molecule has 2 heterocycles. The molecule has 10 nitrogen and oxygen atoms in total. The molecule has 0 fully saturated rings. The molecule has 1 amide bonds. The van der Waals surface area contributed by atoms with Crippen molar-refractivity contribution in [2.45, 2.75) is 11.8 Å². The molecule has 1 N–H and O–H groups in total. The Morgan fingerprint density at radius 1 is 0.886 bits per heavy atom. The fraction of sp³-hybridized carbons (Fsp3) is 0.0833. The number of carbonyl (C=O) groups is 2. The molecule has 0 atom stereocenters. The number of carboxylic acids is 1. The van der Waals surface area contributed by atoms with Crippen molar-refractivity contribution in [3.8, 4) is 0 Å². The Bertz CT molecular complexity index is 1570. The monoisotopic (exact) mass is 488 g/mol. The topological polar surface area (TPSA) is 136 Å². The molecule has 1 aliphatic rings. The SMILES string of the molecule is CC(=O)Nc1ccc(S(=O)(=O)N2CN(c3ccc(C(=O)[O-])cc3)c3nc4ccccc4nc32)cc1. The highest BCUT2D eigenvalue weighted by molar-refractivity contribution is 7.92. The van der Waals surface area contributed by atoms with E-state index in [1.807, 2.05) is 6.07 Å². The summed E-state index contributed by atoms with van der Waals surface area (Å²) in [6.07, 6.45) is 0. The zero-order chi connectivity index (χ0) is 24.7. The average Bonchev–Trinajstić information content (AvgIpc) is 3.22. The van der Waals surface area contributed by atoms with Gasteiger partial charge in [-0.15, -0.1) is 0 Å². The summed E-state index contributed by atoms with van der Waals surface area (Å²) < 4.78 is 28.4. The maximum Gasteiger partial charge on any atom is 0.267 e. The van der Waals surface area contributed by atoms with Crippen molar-refractivity contribution in [1.82, 2.24) is 9.97 Å². The number of carboxylic acid groups (broad SMARTS) is 1. The predicted octanol–water partition coefficient (Wildman–Crippen LogP) is 2.26. The third-order valence-corrected chi connectivity index (χ3v) is 7.21. The maximum atomic E-state index is 13.6. The number of nitrogens with one attached hydrogen (secondary N) is 1. The molecule has 11 heteroatoms. The molecule has 5 rings (SSSR count). The van der Waals surface area contributed by atoms with Crippen LogP contribution in [-0.2, 0) is 14.8 Å². The minimum Gasteiger partial charge on any atom is -0.545 e. The van der Waals surface area contributed by atoms with Gasteiger partial charge in [-0.1, -0.05) is 24.3 Å². The van der Waals surface area contributed by atoms with Gasteiger partial charge in [0, 0.05) is 18.3 Å². The number of para-hydroxylation sites is 2. The molecule has 0 unspecified atom stereocenters. The molecule has 0 saturated carbocycles. The van der Waals surface area contributed by atoms with Crippen LogP contribution in [0.3, 0.4) is 0 Å². The normalized spacial score (nSPS) is 13.1. The van der Waals surface area contributed by atoms with Crippen molar-refractivity contribution >= 4 is 55.9 Å². The Labute approximate surface area is 200 Å². The molecule has 0 saturated heterocycles. The van der Waals surface area contributed by atoms with Crippen molar-refractivity contribution in [2.24, 2.45) is 0 Å². The standard InChI is InChI=1S/C24H19N5O5S/c1-15(30)25-17-8-12-19(13-9-17)35(33,34)29-14-28(18-10-6-16(7-11-18)24(31)32)22-23(29)27-21-5-3-2-4-20(21)26-22/h2-13H,14H2,1H3,(H,25,30)(H,31,32)/p-1. The highest BCUT2D eigenvalue weighted by atomic mass is 32.2. The first-order valence-corrected chi connectivity index (χ1v) is 11.9. The van der Waals surface area contributed by atoms with Crippen LogP contribution in [0.5, 0.6) is 0 Å². The van der Waals surface area contributed by atoms with E-state index < -0.39 is 16.0 Å². The van der Waals surface area contributed by atoms with Gasteiger partial charge in [0.1, 0.15) is 6.67 Å². The highest BCUT2D eigenvalue weighted by Crippen LogP contribution is 2.41. The van der Waals surface area contributed by atoms with Gasteiger partial charge < -0.3 is 20.1 Å². The summed E-state index contributed by atoms with van der Waals surface area (Å²) in [7, 11) is -4.06. The third kappa shape index (κ3) is 4.02. The van der Waals surface area contributed by atoms with E-state index >= 15 is 0 Å². The van der Waals surface area contributed by atoms with Crippen LogP contribution in [0, 0.1) is 0 Å². The van der Waals surface area contributed by atoms with Gasteiger partial charge in [0.15, 0.2) is 11.6 Å². The first-order chi connectivity index (χ1) is 16.7. The Morgan fingerprint density at radius 2 is 1.49 bits per heavy atom. The van der Waals surface area contributed by atoms with Crippen LogP contribution in [0.1, 0.15) is 17.3 Å².